The Morgan fingerprint density at radius 3 is 1.75 bits per heavy atom. The highest BCUT2D eigenvalue weighted by Gasteiger charge is 2.20. The van der Waals surface area contributed by atoms with Gasteiger partial charge >= 0.3 is 0 Å². The van der Waals surface area contributed by atoms with Gasteiger partial charge in [0.05, 0.1) is 0 Å². The molecule has 0 aliphatic carbocycles. The van der Waals surface area contributed by atoms with Crippen molar-refractivity contribution in [1.82, 2.24) is 4.98 Å². The van der Waals surface area contributed by atoms with Crippen LogP contribution in [0.15, 0.2) is 142 Å². The molecule has 0 fully saturated rings. The highest BCUT2D eigenvalue weighted by molar-refractivity contribution is 7.25. The first-order chi connectivity index (χ1) is 21.8. The Labute approximate surface area is 255 Å². The van der Waals surface area contributed by atoms with Gasteiger partial charge in [-0.25, -0.2) is 4.98 Å². The molecule has 0 unspecified atom stereocenters. The van der Waals surface area contributed by atoms with Crippen LogP contribution in [0.5, 0.6) is 0 Å². The molecule has 0 amide bonds. The third kappa shape index (κ3) is 3.41. The maximum Gasteiger partial charge on any atom is 0.139 e. The summed E-state index contributed by atoms with van der Waals surface area (Å²) in [4.78, 5) is 8.59. The van der Waals surface area contributed by atoms with Gasteiger partial charge in [-0.3, -0.25) is 4.90 Å². The van der Waals surface area contributed by atoms with Gasteiger partial charge in [-0.1, -0.05) is 66.7 Å². The van der Waals surface area contributed by atoms with E-state index in [4.69, 9.17) is 13.8 Å². The van der Waals surface area contributed by atoms with Gasteiger partial charge in [-0.05, 0) is 77.5 Å². The van der Waals surface area contributed by atoms with Crippen LogP contribution in [-0.4, -0.2) is 4.98 Å². The number of thiophene rings is 1. The predicted octanol–water partition coefficient (Wildman–Crippen LogP) is 11.9. The lowest BCUT2D eigenvalue weighted by atomic mass is 10.0. The second kappa shape index (κ2) is 8.93. The number of hydrogen-bond donors (Lipinski definition) is 0. The summed E-state index contributed by atoms with van der Waals surface area (Å²) in [6, 6.07) is 46.6. The van der Waals surface area contributed by atoms with Gasteiger partial charge in [0.25, 0.3) is 0 Å². The quantitative estimate of drug-likeness (QED) is 0.208. The fraction of sp³-hybridized carbons (Fsp3) is 0. The molecule has 206 valence electrons. The molecular weight excluding hydrogens is 561 g/mol. The zero-order chi connectivity index (χ0) is 28.8. The third-order valence-corrected chi connectivity index (χ3v) is 9.74. The van der Waals surface area contributed by atoms with Gasteiger partial charge in [0, 0.05) is 48.4 Å². The molecule has 0 bridgehead atoms. The number of hydrogen-bond acceptors (Lipinski definition) is 5. The Hall–Kier alpha value is -5.65. The number of aromatic nitrogens is 1. The smallest absolute Gasteiger partial charge is 0.139 e. The Bertz CT molecular complexity index is 2640. The first kappa shape index (κ1) is 23.9. The number of nitrogens with zero attached hydrogens (tertiary/aromatic N) is 2. The normalized spacial score (nSPS) is 12.1. The van der Waals surface area contributed by atoms with Crippen LogP contribution in [0.1, 0.15) is 0 Å². The highest BCUT2D eigenvalue weighted by atomic mass is 32.1. The Balaban J connectivity index is 1.23. The van der Waals surface area contributed by atoms with Crippen molar-refractivity contribution in [1.29, 1.82) is 0 Å². The van der Waals surface area contributed by atoms with Crippen molar-refractivity contribution < 1.29 is 8.83 Å². The van der Waals surface area contributed by atoms with E-state index in [0.29, 0.717) is 0 Å². The summed E-state index contributed by atoms with van der Waals surface area (Å²) in [7, 11) is 0. The van der Waals surface area contributed by atoms with Crippen LogP contribution in [0.4, 0.5) is 17.2 Å². The van der Waals surface area contributed by atoms with Crippen LogP contribution in [0.3, 0.4) is 0 Å². The molecule has 0 N–H and O–H groups in total. The van der Waals surface area contributed by atoms with E-state index in [9.17, 15) is 0 Å². The van der Waals surface area contributed by atoms with Gasteiger partial charge in [0.1, 0.15) is 33.0 Å². The predicted molar refractivity (Wildman–Crippen MR) is 184 cm³/mol. The highest BCUT2D eigenvalue weighted by Crippen LogP contribution is 2.43. The second-order valence-electron chi connectivity index (χ2n) is 11.2. The summed E-state index contributed by atoms with van der Waals surface area (Å²) < 4.78 is 13.6. The molecule has 0 saturated carbocycles. The fourth-order valence-corrected chi connectivity index (χ4v) is 7.75. The zero-order valence-corrected chi connectivity index (χ0v) is 24.1. The number of rotatable bonds is 3. The van der Waals surface area contributed by atoms with Crippen LogP contribution in [0.25, 0.3) is 75.0 Å². The minimum atomic E-state index is 0.854. The van der Waals surface area contributed by atoms with Gasteiger partial charge in [-0.15, -0.1) is 11.3 Å². The molecule has 0 atom stereocenters. The lowest BCUT2D eigenvalue weighted by Crippen LogP contribution is -2.11. The number of fused-ring (bicyclic) bond motifs is 11. The average molecular weight is 583 g/mol. The minimum Gasteiger partial charge on any atom is -0.456 e. The SMILES string of the molecule is c1ccc2c(c1)ccc1sc3nc(N(c4ccc5oc6ccccc6c5c4)c4ccc5oc6ccccc6c5c4)ccc3c12. The van der Waals surface area contributed by atoms with E-state index < -0.39 is 0 Å². The maximum absolute atomic E-state index is 6.18. The number of pyridine rings is 1. The van der Waals surface area contributed by atoms with Crippen molar-refractivity contribution in [2.24, 2.45) is 0 Å². The number of furan rings is 2. The fourth-order valence-electron chi connectivity index (χ4n) is 6.66. The largest absolute Gasteiger partial charge is 0.456 e. The molecule has 44 heavy (non-hydrogen) atoms. The molecule has 0 aliphatic heterocycles. The second-order valence-corrected chi connectivity index (χ2v) is 12.2. The van der Waals surface area contributed by atoms with Crippen molar-refractivity contribution in [2.45, 2.75) is 0 Å². The molecular formula is C39H22N2O2S. The topological polar surface area (TPSA) is 42.4 Å². The first-order valence-corrected chi connectivity index (χ1v) is 15.4. The van der Waals surface area contributed by atoms with Crippen LogP contribution < -0.4 is 4.90 Å². The average Bonchev–Trinajstić information content (AvgIpc) is 3.75. The van der Waals surface area contributed by atoms with Crippen molar-refractivity contribution in [3.8, 4) is 0 Å². The molecule has 4 aromatic heterocycles. The van der Waals surface area contributed by atoms with E-state index in [1.165, 1.54) is 26.2 Å². The molecule has 5 heteroatoms. The standard InChI is InChI=1S/C39H22N2O2S/c1-2-8-26-23(7-1)13-19-36-38(26)29-16-20-37(40-39(29)44-36)41(24-14-17-34-30(21-24)27-9-3-5-11-32(27)42-34)25-15-18-35-31(22-25)28-10-4-6-12-33(28)43-35/h1-22H. The van der Waals surface area contributed by atoms with Crippen molar-refractivity contribution in [2.75, 3.05) is 4.90 Å². The zero-order valence-electron chi connectivity index (χ0n) is 23.3. The van der Waals surface area contributed by atoms with E-state index in [1.54, 1.807) is 11.3 Å². The van der Waals surface area contributed by atoms with Crippen LogP contribution in [-0.2, 0) is 0 Å². The summed E-state index contributed by atoms with van der Waals surface area (Å²) in [5.41, 5.74) is 5.52. The van der Waals surface area contributed by atoms with Gasteiger partial charge < -0.3 is 8.83 Å². The maximum atomic E-state index is 6.18. The van der Waals surface area contributed by atoms with E-state index >= 15 is 0 Å². The van der Waals surface area contributed by atoms with Gasteiger partial charge in [0.2, 0.25) is 0 Å². The van der Waals surface area contributed by atoms with Crippen molar-refractivity contribution in [3.05, 3.63) is 133 Å². The van der Waals surface area contributed by atoms with E-state index in [1.807, 2.05) is 24.3 Å². The Kier molecular flexibility index (Phi) is 4.84. The van der Waals surface area contributed by atoms with Crippen molar-refractivity contribution >= 4 is 103 Å². The number of benzene rings is 6. The number of anilines is 3. The van der Waals surface area contributed by atoms with Gasteiger partial charge in [-0.2, -0.15) is 0 Å². The van der Waals surface area contributed by atoms with Crippen LogP contribution >= 0.6 is 11.3 Å². The summed E-state index contributed by atoms with van der Waals surface area (Å²) >= 11 is 1.74. The molecule has 10 aromatic rings. The van der Waals surface area contributed by atoms with Crippen molar-refractivity contribution in [3.63, 3.8) is 0 Å². The molecule has 10 rings (SSSR count). The Morgan fingerprint density at radius 2 is 1.07 bits per heavy atom. The molecule has 0 aliphatic rings. The molecule has 0 spiro atoms. The molecule has 0 saturated heterocycles. The van der Waals surface area contributed by atoms with Gasteiger partial charge in [0.15, 0.2) is 0 Å². The Morgan fingerprint density at radius 1 is 0.477 bits per heavy atom. The monoisotopic (exact) mass is 582 g/mol. The number of para-hydroxylation sites is 2. The first-order valence-electron chi connectivity index (χ1n) is 14.6. The molecule has 4 heterocycles. The summed E-state index contributed by atoms with van der Waals surface area (Å²) in [6.45, 7) is 0. The van der Waals surface area contributed by atoms with E-state index in [-0.39, 0.29) is 0 Å². The van der Waals surface area contributed by atoms with E-state index in [0.717, 1.165) is 65.9 Å². The molecule has 6 aromatic carbocycles. The summed E-state index contributed by atoms with van der Waals surface area (Å²) in [5, 5.41) is 9.30. The lowest BCUT2D eigenvalue weighted by molar-refractivity contribution is 0.668. The van der Waals surface area contributed by atoms with E-state index in [2.05, 4.69) is 114 Å². The van der Waals surface area contributed by atoms with Crippen LogP contribution in [0.2, 0.25) is 0 Å². The summed E-state index contributed by atoms with van der Waals surface area (Å²) in [6.07, 6.45) is 0. The summed E-state index contributed by atoms with van der Waals surface area (Å²) in [5.74, 6) is 0.854. The molecule has 4 nitrogen and oxygen atoms in total. The minimum absolute atomic E-state index is 0.854. The molecule has 0 radical (unpaired) electrons. The van der Waals surface area contributed by atoms with Crippen LogP contribution in [0, 0.1) is 0 Å². The lowest BCUT2D eigenvalue weighted by Gasteiger charge is -2.24. The third-order valence-electron chi connectivity index (χ3n) is 8.68.